The van der Waals surface area contributed by atoms with E-state index in [2.05, 4.69) is 20.4 Å². The Kier molecular flexibility index (Phi) is 1.83. The molecule has 1 aromatic rings. The number of aromatic amines is 1. The molecule has 0 amide bonds. The molecule has 1 aliphatic heterocycles. The summed E-state index contributed by atoms with van der Waals surface area (Å²) in [6.45, 7) is 4.40. The number of hydrogen-bond acceptors (Lipinski definition) is 3. The van der Waals surface area contributed by atoms with E-state index < -0.39 is 0 Å². The molecule has 2 fully saturated rings. The van der Waals surface area contributed by atoms with Crippen LogP contribution < -0.4 is 10.2 Å². The van der Waals surface area contributed by atoms with Crippen molar-refractivity contribution in [1.82, 2.24) is 15.5 Å². The molecule has 0 radical (unpaired) electrons. The Morgan fingerprint density at radius 3 is 2.81 bits per heavy atom. The highest BCUT2D eigenvalue weighted by Crippen LogP contribution is 2.54. The number of aromatic nitrogens is 2. The standard InChI is InChI=1S/C12H18N4/c1-2-9-7-8(1)10-11(9)14-15-12(10)16-5-3-13-4-6-16/h8-9,13H,1-7H2,(H,14,15). The van der Waals surface area contributed by atoms with Crippen LogP contribution in [0.25, 0.3) is 0 Å². The summed E-state index contributed by atoms with van der Waals surface area (Å²) in [5.74, 6) is 2.87. The van der Waals surface area contributed by atoms with E-state index in [1.165, 1.54) is 30.8 Å². The zero-order chi connectivity index (χ0) is 10.5. The maximum absolute atomic E-state index is 4.58. The van der Waals surface area contributed by atoms with Crippen LogP contribution in [0.1, 0.15) is 42.4 Å². The van der Waals surface area contributed by atoms with E-state index in [1.807, 2.05) is 0 Å². The van der Waals surface area contributed by atoms with Crippen molar-refractivity contribution in [2.24, 2.45) is 0 Å². The number of H-pyrrole nitrogens is 1. The molecule has 2 heterocycles. The highest BCUT2D eigenvalue weighted by atomic mass is 15.3. The van der Waals surface area contributed by atoms with Crippen LogP contribution in [-0.2, 0) is 0 Å². The van der Waals surface area contributed by atoms with Crippen LogP contribution in [-0.4, -0.2) is 36.4 Å². The molecule has 2 atom stereocenters. The largest absolute Gasteiger partial charge is 0.352 e. The second kappa shape index (κ2) is 3.23. The summed E-state index contributed by atoms with van der Waals surface area (Å²) >= 11 is 0. The summed E-state index contributed by atoms with van der Waals surface area (Å²) < 4.78 is 0. The van der Waals surface area contributed by atoms with Crippen molar-refractivity contribution in [2.75, 3.05) is 31.1 Å². The Morgan fingerprint density at radius 2 is 1.94 bits per heavy atom. The first-order chi connectivity index (χ1) is 7.93. The monoisotopic (exact) mass is 218 g/mol. The minimum absolute atomic E-state index is 0.796. The van der Waals surface area contributed by atoms with Crippen molar-refractivity contribution in [3.8, 4) is 0 Å². The number of nitrogens with zero attached hydrogens (tertiary/aromatic N) is 2. The highest BCUT2D eigenvalue weighted by Gasteiger charge is 2.41. The van der Waals surface area contributed by atoms with Gasteiger partial charge in [0.25, 0.3) is 0 Å². The number of piperazine rings is 1. The van der Waals surface area contributed by atoms with E-state index in [0.717, 1.165) is 38.0 Å². The van der Waals surface area contributed by atoms with Gasteiger partial charge in [0, 0.05) is 43.4 Å². The first kappa shape index (κ1) is 9.05. The van der Waals surface area contributed by atoms with Crippen molar-refractivity contribution in [1.29, 1.82) is 0 Å². The maximum atomic E-state index is 4.58. The Labute approximate surface area is 95.4 Å². The molecule has 16 heavy (non-hydrogen) atoms. The molecule has 0 spiro atoms. The third-order valence-electron chi connectivity index (χ3n) is 4.48. The molecule has 4 heteroatoms. The maximum Gasteiger partial charge on any atom is 0.154 e. The van der Waals surface area contributed by atoms with Gasteiger partial charge in [-0.3, -0.25) is 5.10 Å². The van der Waals surface area contributed by atoms with Gasteiger partial charge < -0.3 is 10.2 Å². The molecule has 3 aliphatic rings. The van der Waals surface area contributed by atoms with E-state index in [0.29, 0.717) is 0 Å². The van der Waals surface area contributed by atoms with Gasteiger partial charge in [-0.25, -0.2) is 0 Å². The second-order valence-corrected chi connectivity index (χ2v) is 5.32. The lowest BCUT2D eigenvalue weighted by atomic mass is 9.97. The predicted octanol–water partition coefficient (Wildman–Crippen LogP) is 1.18. The lowest BCUT2D eigenvalue weighted by Gasteiger charge is -2.29. The van der Waals surface area contributed by atoms with Gasteiger partial charge in [-0.2, -0.15) is 5.10 Å². The molecule has 2 aliphatic carbocycles. The number of nitrogens with one attached hydrogen (secondary N) is 2. The molecular weight excluding hydrogens is 200 g/mol. The lowest BCUT2D eigenvalue weighted by Crippen LogP contribution is -2.44. The Hall–Kier alpha value is -1.03. The van der Waals surface area contributed by atoms with Crippen LogP contribution in [0.2, 0.25) is 0 Å². The summed E-state index contributed by atoms with van der Waals surface area (Å²) in [6, 6.07) is 0. The Morgan fingerprint density at radius 1 is 1.12 bits per heavy atom. The van der Waals surface area contributed by atoms with Gasteiger partial charge in [0.15, 0.2) is 5.82 Å². The van der Waals surface area contributed by atoms with Crippen LogP contribution in [0.5, 0.6) is 0 Å². The number of fused-ring (bicyclic) bond motifs is 5. The molecule has 86 valence electrons. The quantitative estimate of drug-likeness (QED) is 0.744. The van der Waals surface area contributed by atoms with E-state index in [-0.39, 0.29) is 0 Å². The SMILES string of the molecule is C1CN(c2n[nH]c3c2C2CCC3C2)CCN1. The van der Waals surface area contributed by atoms with Crippen molar-refractivity contribution < 1.29 is 0 Å². The summed E-state index contributed by atoms with van der Waals surface area (Å²) in [4.78, 5) is 2.45. The fraction of sp³-hybridized carbons (Fsp3) is 0.750. The van der Waals surface area contributed by atoms with Crippen LogP contribution in [0.4, 0.5) is 5.82 Å². The number of rotatable bonds is 1. The summed E-state index contributed by atoms with van der Waals surface area (Å²) in [6.07, 6.45) is 4.14. The first-order valence-electron chi connectivity index (χ1n) is 6.47. The lowest BCUT2D eigenvalue weighted by molar-refractivity contribution is 0.580. The number of anilines is 1. The van der Waals surface area contributed by atoms with E-state index in [1.54, 1.807) is 5.56 Å². The highest BCUT2D eigenvalue weighted by molar-refractivity contribution is 5.56. The van der Waals surface area contributed by atoms with Gasteiger partial charge in [-0.1, -0.05) is 0 Å². The fourth-order valence-electron chi connectivity index (χ4n) is 3.69. The topological polar surface area (TPSA) is 44.0 Å². The average molecular weight is 218 g/mol. The zero-order valence-corrected chi connectivity index (χ0v) is 9.50. The van der Waals surface area contributed by atoms with E-state index in [4.69, 9.17) is 0 Å². The van der Waals surface area contributed by atoms with Crippen molar-refractivity contribution >= 4 is 5.82 Å². The molecule has 4 rings (SSSR count). The summed E-state index contributed by atoms with van der Waals surface area (Å²) in [5.41, 5.74) is 3.03. The van der Waals surface area contributed by atoms with Crippen molar-refractivity contribution in [2.45, 2.75) is 31.1 Å². The van der Waals surface area contributed by atoms with E-state index in [9.17, 15) is 0 Å². The fourth-order valence-corrected chi connectivity index (χ4v) is 3.69. The van der Waals surface area contributed by atoms with Crippen LogP contribution >= 0.6 is 0 Å². The number of hydrogen-bond donors (Lipinski definition) is 2. The molecule has 0 aromatic carbocycles. The minimum Gasteiger partial charge on any atom is -0.352 e. The van der Waals surface area contributed by atoms with Gasteiger partial charge >= 0.3 is 0 Å². The molecule has 2 N–H and O–H groups in total. The minimum atomic E-state index is 0.796. The Bertz CT molecular complexity index is 405. The van der Waals surface area contributed by atoms with E-state index >= 15 is 0 Å². The van der Waals surface area contributed by atoms with Gasteiger partial charge in [-0.15, -0.1) is 0 Å². The molecule has 1 saturated heterocycles. The molecule has 1 aromatic heterocycles. The summed E-state index contributed by atoms with van der Waals surface area (Å²) in [5, 5.41) is 11.3. The van der Waals surface area contributed by atoms with Crippen LogP contribution in [0, 0.1) is 0 Å². The molecule has 2 bridgehead atoms. The third kappa shape index (κ3) is 1.11. The van der Waals surface area contributed by atoms with Crippen LogP contribution in [0.3, 0.4) is 0 Å². The van der Waals surface area contributed by atoms with Gasteiger partial charge in [0.05, 0.1) is 0 Å². The molecular formula is C12H18N4. The predicted molar refractivity (Wildman–Crippen MR) is 63.0 cm³/mol. The first-order valence-corrected chi connectivity index (χ1v) is 6.47. The van der Waals surface area contributed by atoms with Crippen molar-refractivity contribution in [3.63, 3.8) is 0 Å². The Balaban J connectivity index is 1.72. The smallest absolute Gasteiger partial charge is 0.154 e. The average Bonchev–Trinajstić information content (AvgIpc) is 3.03. The normalized spacial score (nSPS) is 32.1. The second-order valence-electron chi connectivity index (χ2n) is 5.32. The summed E-state index contributed by atoms with van der Waals surface area (Å²) in [7, 11) is 0. The molecule has 4 nitrogen and oxygen atoms in total. The molecule has 2 unspecified atom stereocenters. The van der Waals surface area contributed by atoms with Crippen LogP contribution in [0.15, 0.2) is 0 Å². The van der Waals surface area contributed by atoms with Gasteiger partial charge in [-0.05, 0) is 25.2 Å². The third-order valence-corrected chi connectivity index (χ3v) is 4.48. The van der Waals surface area contributed by atoms with Crippen molar-refractivity contribution in [3.05, 3.63) is 11.3 Å². The van der Waals surface area contributed by atoms with Gasteiger partial charge in [0.1, 0.15) is 0 Å². The van der Waals surface area contributed by atoms with Gasteiger partial charge in [0.2, 0.25) is 0 Å². The molecule has 1 saturated carbocycles. The zero-order valence-electron chi connectivity index (χ0n) is 9.50.